The zero-order chi connectivity index (χ0) is 15.2. The van der Waals surface area contributed by atoms with Crippen molar-refractivity contribution >= 4 is 44.0 Å². The molecule has 7 heteroatoms. The molecule has 0 bridgehead atoms. The number of hydrogen-bond donors (Lipinski definition) is 1. The number of aryl methyl sites for hydroxylation is 1. The van der Waals surface area contributed by atoms with E-state index in [1.54, 1.807) is 18.2 Å². The van der Waals surface area contributed by atoms with Crippen molar-refractivity contribution in [2.75, 3.05) is 6.61 Å². The second kappa shape index (κ2) is 7.42. The minimum Gasteiger partial charge on any atom is -0.484 e. The highest BCUT2D eigenvalue weighted by atomic mass is 79.9. The molecule has 2 rings (SSSR count). The van der Waals surface area contributed by atoms with E-state index in [9.17, 15) is 4.79 Å². The minimum atomic E-state index is -0.350. The standard InChI is InChI=1S/C14H12Br2N2O3/c1-9-6-10(2-4-12(9)15)20-8-14(19)18-17-7-11-3-5-13(16)21-11/h2-7H,8H2,1H3,(H,18,19)/b17-7+. The Hall–Kier alpha value is -1.60. The Bertz CT molecular complexity index is 668. The Balaban J connectivity index is 1.79. The molecule has 1 heterocycles. The van der Waals surface area contributed by atoms with E-state index in [0.717, 1.165) is 10.0 Å². The molecule has 5 nitrogen and oxygen atoms in total. The van der Waals surface area contributed by atoms with Crippen LogP contribution in [0.15, 0.2) is 49.0 Å². The lowest BCUT2D eigenvalue weighted by Gasteiger charge is -2.06. The van der Waals surface area contributed by atoms with Gasteiger partial charge in [-0.2, -0.15) is 5.10 Å². The molecule has 1 N–H and O–H groups in total. The van der Waals surface area contributed by atoms with Gasteiger partial charge in [-0.1, -0.05) is 15.9 Å². The molecule has 21 heavy (non-hydrogen) atoms. The van der Waals surface area contributed by atoms with E-state index in [0.29, 0.717) is 16.2 Å². The Morgan fingerprint density at radius 1 is 1.38 bits per heavy atom. The first kappa shape index (κ1) is 15.8. The van der Waals surface area contributed by atoms with E-state index < -0.39 is 0 Å². The fraction of sp³-hybridized carbons (Fsp3) is 0.143. The number of carbonyl (C=O) groups excluding carboxylic acids is 1. The second-order valence-electron chi connectivity index (χ2n) is 4.13. The van der Waals surface area contributed by atoms with Crippen LogP contribution in [-0.2, 0) is 4.79 Å². The summed E-state index contributed by atoms with van der Waals surface area (Å²) < 4.78 is 12.2. The Morgan fingerprint density at radius 3 is 2.86 bits per heavy atom. The van der Waals surface area contributed by atoms with Crippen LogP contribution in [0.25, 0.3) is 0 Å². The van der Waals surface area contributed by atoms with Gasteiger partial charge in [0.2, 0.25) is 0 Å². The van der Waals surface area contributed by atoms with Crippen LogP contribution in [0.4, 0.5) is 0 Å². The molecule has 0 fully saturated rings. The van der Waals surface area contributed by atoms with Gasteiger partial charge in [-0.3, -0.25) is 4.79 Å². The van der Waals surface area contributed by atoms with Crippen molar-refractivity contribution in [2.45, 2.75) is 6.92 Å². The molecular weight excluding hydrogens is 404 g/mol. The van der Waals surface area contributed by atoms with Gasteiger partial charge in [-0.05, 0) is 58.7 Å². The fourth-order valence-electron chi connectivity index (χ4n) is 1.45. The van der Waals surface area contributed by atoms with Crippen molar-refractivity contribution in [2.24, 2.45) is 5.10 Å². The molecule has 0 unspecified atom stereocenters. The zero-order valence-electron chi connectivity index (χ0n) is 11.1. The summed E-state index contributed by atoms with van der Waals surface area (Å²) in [7, 11) is 0. The van der Waals surface area contributed by atoms with Gasteiger partial charge in [-0.25, -0.2) is 5.43 Å². The van der Waals surface area contributed by atoms with Crippen molar-refractivity contribution in [3.8, 4) is 5.75 Å². The number of rotatable bonds is 5. The normalized spacial score (nSPS) is 10.8. The van der Waals surface area contributed by atoms with Gasteiger partial charge in [0, 0.05) is 4.47 Å². The molecule has 0 aliphatic carbocycles. The number of hydrogen-bond acceptors (Lipinski definition) is 4. The molecule has 0 spiro atoms. The maximum atomic E-state index is 11.6. The molecule has 0 aliphatic rings. The average Bonchev–Trinajstić information content (AvgIpc) is 2.86. The first-order valence-corrected chi connectivity index (χ1v) is 7.59. The van der Waals surface area contributed by atoms with Crippen LogP contribution >= 0.6 is 31.9 Å². The number of benzene rings is 1. The number of amides is 1. The lowest BCUT2D eigenvalue weighted by molar-refractivity contribution is -0.123. The molecule has 1 aromatic carbocycles. The van der Waals surface area contributed by atoms with Gasteiger partial charge in [0.05, 0.1) is 6.21 Å². The third kappa shape index (κ3) is 5.02. The lowest BCUT2D eigenvalue weighted by atomic mass is 10.2. The highest BCUT2D eigenvalue weighted by Gasteiger charge is 2.03. The number of hydrazone groups is 1. The van der Waals surface area contributed by atoms with E-state index in [-0.39, 0.29) is 12.5 Å². The molecule has 0 radical (unpaired) electrons. The largest absolute Gasteiger partial charge is 0.484 e. The summed E-state index contributed by atoms with van der Waals surface area (Å²) in [6, 6.07) is 8.97. The molecule has 2 aromatic rings. The summed E-state index contributed by atoms with van der Waals surface area (Å²) in [6.07, 6.45) is 1.41. The van der Waals surface area contributed by atoms with Crippen molar-refractivity contribution in [1.82, 2.24) is 5.43 Å². The predicted octanol–water partition coefficient (Wildman–Crippen LogP) is 3.64. The smallest absolute Gasteiger partial charge is 0.277 e. The number of nitrogens with one attached hydrogen (secondary N) is 1. The van der Waals surface area contributed by atoms with Gasteiger partial charge in [-0.15, -0.1) is 0 Å². The zero-order valence-corrected chi connectivity index (χ0v) is 14.3. The van der Waals surface area contributed by atoms with Crippen LogP contribution in [0.5, 0.6) is 5.75 Å². The number of halogens is 2. The minimum absolute atomic E-state index is 0.111. The SMILES string of the molecule is Cc1cc(OCC(=O)N/N=C/c2ccc(Br)o2)ccc1Br. The van der Waals surface area contributed by atoms with Crippen LogP contribution < -0.4 is 10.2 Å². The molecule has 1 aromatic heterocycles. The molecule has 0 saturated heterocycles. The van der Waals surface area contributed by atoms with E-state index in [4.69, 9.17) is 9.15 Å². The molecular formula is C14H12Br2N2O3. The maximum Gasteiger partial charge on any atom is 0.277 e. The van der Waals surface area contributed by atoms with Crippen molar-refractivity contribution in [1.29, 1.82) is 0 Å². The van der Waals surface area contributed by atoms with E-state index in [1.807, 2.05) is 19.1 Å². The summed E-state index contributed by atoms with van der Waals surface area (Å²) in [5, 5.41) is 3.77. The average molecular weight is 416 g/mol. The summed E-state index contributed by atoms with van der Waals surface area (Å²) in [5.41, 5.74) is 3.39. The Kier molecular flexibility index (Phi) is 5.58. The van der Waals surface area contributed by atoms with Crippen LogP contribution in [0.1, 0.15) is 11.3 Å². The third-order valence-electron chi connectivity index (χ3n) is 2.47. The Labute approximate surface area is 138 Å². The van der Waals surface area contributed by atoms with Gasteiger partial charge >= 0.3 is 0 Å². The van der Waals surface area contributed by atoms with Gasteiger partial charge in [0.15, 0.2) is 11.3 Å². The highest BCUT2D eigenvalue weighted by Crippen LogP contribution is 2.21. The maximum absolute atomic E-state index is 11.6. The lowest BCUT2D eigenvalue weighted by Crippen LogP contribution is -2.24. The van der Waals surface area contributed by atoms with E-state index in [1.165, 1.54) is 6.21 Å². The third-order valence-corrected chi connectivity index (χ3v) is 3.79. The van der Waals surface area contributed by atoms with Crippen LogP contribution in [0.3, 0.4) is 0 Å². The monoisotopic (exact) mass is 414 g/mol. The van der Waals surface area contributed by atoms with E-state index >= 15 is 0 Å². The molecule has 0 aliphatic heterocycles. The van der Waals surface area contributed by atoms with Crippen molar-refractivity contribution in [3.05, 3.63) is 50.8 Å². The molecule has 110 valence electrons. The van der Waals surface area contributed by atoms with E-state index in [2.05, 4.69) is 42.4 Å². The highest BCUT2D eigenvalue weighted by molar-refractivity contribution is 9.10. The summed E-state index contributed by atoms with van der Waals surface area (Å²) in [6.45, 7) is 1.84. The second-order valence-corrected chi connectivity index (χ2v) is 5.77. The summed E-state index contributed by atoms with van der Waals surface area (Å²) in [4.78, 5) is 11.6. The van der Waals surface area contributed by atoms with Crippen LogP contribution in [-0.4, -0.2) is 18.7 Å². The quantitative estimate of drug-likeness (QED) is 0.598. The van der Waals surface area contributed by atoms with Crippen LogP contribution in [0, 0.1) is 6.92 Å². The summed E-state index contributed by atoms with van der Waals surface area (Å²) in [5.74, 6) is 0.814. The summed E-state index contributed by atoms with van der Waals surface area (Å²) >= 11 is 6.58. The molecule has 0 saturated carbocycles. The first-order valence-electron chi connectivity index (χ1n) is 6.01. The predicted molar refractivity (Wildman–Crippen MR) is 86.5 cm³/mol. The van der Waals surface area contributed by atoms with Gasteiger partial charge in [0.1, 0.15) is 11.5 Å². The number of ether oxygens (including phenoxy) is 1. The van der Waals surface area contributed by atoms with Crippen molar-refractivity contribution in [3.63, 3.8) is 0 Å². The Morgan fingerprint density at radius 2 is 2.19 bits per heavy atom. The van der Waals surface area contributed by atoms with Gasteiger partial charge < -0.3 is 9.15 Å². The van der Waals surface area contributed by atoms with Crippen molar-refractivity contribution < 1.29 is 13.9 Å². The number of carbonyl (C=O) groups is 1. The molecule has 1 amide bonds. The van der Waals surface area contributed by atoms with Crippen LogP contribution in [0.2, 0.25) is 0 Å². The number of nitrogens with zero attached hydrogens (tertiary/aromatic N) is 1. The van der Waals surface area contributed by atoms with Gasteiger partial charge in [0.25, 0.3) is 5.91 Å². The first-order chi connectivity index (χ1) is 10.0. The fourth-order valence-corrected chi connectivity index (χ4v) is 2.02. The number of furan rings is 1. The topological polar surface area (TPSA) is 63.8 Å². The molecule has 0 atom stereocenters.